The highest BCUT2D eigenvalue weighted by atomic mass is 16.6. The second-order valence-corrected chi connectivity index (χ2v) is 7.39. The summed E-state index contributed by atoms with van der Waals surface area (Å²) < 4.78 is 5.32. The number of carbonyl (C=O) groups excluding carboxylic acids is 1. The van der Waals surface area contributed by atoms with Crippen LogP contribution in [0.1, 0.15) is 58.9 Å². The number of ether oxygens (including phenoxy) is 1. The molecule has 0 spiro atoms. The molecule has 1 aromatic carbocycles. The molecule has 23 heavy (non-hydrogen) atoms. The molecule has 2 rings (SSSR count). The van der Waals surface area contributed by atoms with E-state index in [1.54, 1.807) is 0 Å². The molecule has 0 unspecified atom stereocenters. The normalized spacial score (nSPS) is 21.6. The summed E-state index contributed by atoms with van der Waals surface area (Å²) in [5, 5.41) is 6.61. The topological polar surface area (TPSA) is 50.4 Å². The van der Waals surface area contributed by atoms with E-state index >= 15 is 0 Å². The molecule has 1 fully saturated rings. The molecule has 4 heteroatoms. The van der Waals surface area contributed by atoms with Crippen LogP contribution in [0, 0.1) is 0 Å². The molecule has 1 aliphatic carbocycles. The summed E-state index contributed by atoms with van der Waals surface area (Å²) in [6.07, 6.45) is 4.87. The molecule has 0 heterocycles. The fourth-order valence-electron chi connectivity index (χ4n) is 2.97. The van der Waals surface area contributed by atoms with Gasteiger partial charge in [-0.25, -0.2) is 4.79 Å². The Bertz CT molecular complexity index is 514. The first-order valence-electron chi connectivity index (χ1n) is 8.70. The molecular formula is C19H30N2O2. The zero-order chi connectivity index (χ0) is 16.9. The van der Waals surface area contributed by atoms with Crippen LogP contribution < -0.4 is 10.6 Å². The van der Waals surface area contributed by atoms with E-state index in [0.29, 0.717) is 6.04 Å². The maximum Gasteiger partial charge on any atom is 0.407 e. The highest BCUT2D eigenvalue weighted by Gasteiger charge is 2.24. The lowest BCUT2D eigenvalue weighted by Crippen LogP contribution is -2.42. The van der Waals surface area contributed by atoms with Gasteiger partial charge < -0.3 is 15.4 Å². The largest absolute Gasteiger partial charge is 0.444 e. The minimum absolute atomic E-state index is 0.227. The predicted octanol–water partition coefficient (Wildman–Crippen LogP) is 4.50. The van der Waals surface area contributed by atoms with Crippen LogP contribution >= 0.6 is 0 Å². The van der Waals surface area contributed by atoms with Crippen LogP contribution in [0.25, 0.3) is 0 Å². The lowest BCUT2D eigenvalue weighted by Gasteiger charge is -2.31. The van der Waals surface area contributed by atoms with Crippen molar-refractivity contribution in [1.29, 1.82) is 0 Å². The number of alkyl carbamates (subject to hydrolysis) is 1. The van der Waals surface area contributed by atoms with Crippen molar-refractivity contribution in [2.45, 2.75) is 77.5 Å². The van der Waals surface area contributed by atoms with Gasteiger partial charge in [-0.2, -0.15) is 0 Å². The average molecular weight is 318 g/mol. The van der Waals surface area contributed by atoms with Gasteiger partial charge in [0.2, 0.25) is 0 Å². The van der Waals surface area contributed by atoms with Crippen LogP contribution in [0.5, 0.6) is 0 Å². The summed E-state index contributed by atoms with van der Waals surface area (Å²) in [6, 6.07) is 9.34. The van der Waals surface area contributed by atoms with Gasteiger partial charge in [-0.05, 0) is 70.6 Å². The second-order valence-electron chi connectivity index (χ2n) is 7.39. The van der Waals surface area contributed by atoms with Crippen LogP contribution in [0.4, 0.5) is 10.5 Å². The molecule has 1 aromatic rings. The Morgan fingerprint density at radius 3 is 2.43 bits per heavy atom. The van der Waals surface area contributed by atoms with Crippen LogP contribution in [0.2, 0.25) is 0 Å². The molecule has 0 radical (unpaired) electrons. The number of nitrogens with one attached hydrogen (secondary N) is 2. The molecular weight excluding hydrogens is 288 g/mol. The van der Waals surface area contributed by atoms with Gasteiger partial charge in [0.1, 0.15) is 5.60 Å². The lowest BCUT2D eigenvalue weighted by molar-refractivity contribution is 0.0492. The van der Waals surface area contributed by atoms with Crippen molar-refractivity contribution in [2.75, 3.05) is 5.32 Å². The minimum atomic E-state index is -0.437. The van der Waals surface area contributed by atoms with Gasteiger partial charge in [0, 0.05) is 17.8 Å². The smallest absolute Gasteiger partial charge is 0.407 e. The number of benzene rings is 1. The Morgan fingerprint density at radius 1 is 1.17 bits per heavy atom. The summed E-state index contributed by atoms with van der Waals surface area (Å²) in [4.78, 5) is 11.8. The maximum absolute atomic E-state index is 11.8. The van der Waals surface area contributed by atoms with E-state index in [1.807, 2.05) is 20.8 Å². The van der Waals surface area contributed by atoms with Gasteiger partial charge in [-0.15, -0.1) is 0 Å². The first-order valence-corrected chi connectivity index (χ1v) is 8.70. The molecule has 1 saturated carbocycles. The fraction of sp³-hybridized carbons (Fsp3) is 0.632. The van der Waals surface area contributed by atoms with Crippen molar-refractivity contribution < 1.29 is 9.53 Å². The molecule has 128 valence electrons. The number of amides is 1. The van der Waals surface area contributed by atoms with E-state index in [2.05, 4.69) is 41.8 Å². The zero-order valence-electron chi connectivity index (χ0n) is 14.8. The molecule has 1 amide bonds. The first kappa shape index (κ1) is 17.6. The van der Waals surface area contributed by atoms with Crippen molar-refractivity contribution in [3.63, 3.8) is 0 Å². The van der Waals surface area contributed by atoms with Gasteiger partial charge in [-0.3, -0.25) is 0 Å². The van der Waals surface area contributed by atoms with Crippen LogP contribution in [0.15, 0.2) is 24.3 Å². The Morgan fingerprint density at radius 2 is 1.83 bits per heavy atom. The summed E-state index contributed by atoms with van der Waals surface area (Å²) in [7, 11) is 0. The van der Waals surface area contributed by atoms with E-state index in [1.165, 1.54) is 11.3 Å². The summed E-state index contributed by atoms with van der Waals surface area (Å²) >= 11 is 0. The standard InChI is InChI=1S/C19H30N2O2/c1-5-14-7-6-8-17(13-14)20-15-9-11-16(12-10-15)21-18(22)23-19(2,3)4/h6-8,13,15-16,20H,5,9-12H2,1-4H3,(H,21,22). The molecule has 0 atom stereocenters. The zero-order valence-corrected chi connectivity index (χ0v) is 14.8. The SMILES string of the molecule is CCc1cccc(NC2CCC(NC(=O)OC(C)(C)C)CC2)c1. The van der Waals surface area contributed by atoms with Crippen molar-refractivity contribution in [3.8, 4) is 0 Å². The molecule has 0 saturated heterocycles. The highest BCUT2D eigenvalue weighted by Crippen LogP contribution is 2.23. The quantitative estimate of drug-likeness (QED) is 0.859. The summed E-state index contributed by atoms with van der Waals surface area (Å²) in [6.45, 7) is 7.83. The molecule has 4 nitrogen and oxygen atoms in total. The fourth-order valence-corrected chi connectivity index (χ4v) is 2.97. The van der Waals surface area contributed by atoms with Gasteiger partial charge in [0.05, 0.1) is 0 Å². The third kappa shape index (κ3) is 6.12. The van der Waals surface area contributed by atoms with Crippen LogP contribution in [-0.4, -0.2) is 23.8 Å². The molecule has 0 bridgehead atoms. The van der Waals surface area contributed by atoms with Crippen LogP contribution in [-0.2, 0) is 11.2 Å². The number of hydrogen-bond donors (Lipinski definition) is 2. The van der Waals surface area contributed by atoms with Crippen molar-refractivity contribution >= 4 is 11.8 Å². The molecule has 0 aliphatic heterocycles. The third-order valence-corrected chi connectivity index (χ3v) is 4.15. The Balaban J connectivity index is 1.76. The van der Waals surface area contributed by atoms with Gasteiger partial charge in [0.25, 0.3) is 0 Å². The predicted molar refractivity (Wildman–Crippen MR) is 94.9 cm³/mol. The number of anilines is 1. The molecule has 0 aromatic heterocycles. The summed E-state index contributed by atoms with van der Waals surface area (Å²) in [5.74, 6) is 0. The average Bonchev–Trinajstić information content (AvgIpc) is 2.47. The monoisotopic (exact) mass is 318 g/mol. The van der Waals surface area contributed by atoms with Crippen molar-refractivity contribution in [3.05, 3.63) is 29.8 Å². The number of carbonyl (C=O) groups is 1. The Labute approximate surface area is 140 Å². The number of aryl methyl sites for hydroxylation is 1. The number of rotatable bonds is 4. The van der Waals surface area contributed by atoms with E-state index in [4.69, 9.17) is 4.74 Å². The van der Waals surface area contributed by atoms with Crippen LogP contribution in [0.3, 0.4) is 0 Å². The van der Waals surface area contributed by atoms with Crippen molar-refractivity contribution in [1.82, 2.24) is 5.32 Å². The second kappa shape index (κ2) is 7.71. The molecule has 1 aliphatic rings. The minimum Gasteiger partial charge on any atom is -0.444 e. The van der Waals surface area contributed by atoms with E-state index < -0.39 is 5.60 Å². The first-order chi connectivity index (χ1) is 10.9. The summed E-state index contributed by atoms with van der Waals surface area (Å²) in [5.41, 5.74) is 2.12. The maximum atomic E-state index is 11.8. The number of hydrogen-bond acceptors (Lipinski definition) is 3. The van der Waals surface area contributed by atoms with E-state index in [0.717, 1.165) is 32.1 Å². The van der Waals surface area contributed by atoms with E-state index in [-0.39, 0.29) is 12.1 Å². The Hall–Kier alpha value is -1.71. The third-order valence-electron chi connectivity index (χ3n) is 4.15. The van der Waals surface area contributed by atoms with Gasteiger partial charge in [-0.1, -0.05) is 19.1 Å². The van der Waals surface area contributed by atoms with Gasteiger partial charge >= 0.3 is 6.09 Å². The lowest BCUT2D eigenvalue weighted by atomic mass is 9.91. The van der Waals surface area contributed by atoms with Crippen molar-refractivity contribution in [2.24, 2.45) is 0 Å². The molecule has 2 N–H and O–H groups in total. The highest BCUT2D eigenvalue weighted by molar-refractivity contribution is 5.68. The van der Waals surface area contributed by atoms with E-state index in [9.17, 15) is 4.79 Å². The van der Waals surface area contributed by atoms with Gasteiger partial charge in [0.15, 0.2) is 0 Å². The Kier molecular flexibility index (Phi) is 5.91.